The Morgan fingerprint density at radius 1 is 0.667 bits per heavy atom. The van der Waals surface area contributed by atoms with Crippen LogP contribution in [0.15, 0.2) is 42.5 Å². The zero-order chi connectivity index (χ0) is 39.4. The molecule has 3 fully saturated rings. The lowest BCUT2D eigenvalue weighted by atomic mass is 9.96. The number of aromatic hydroxyl groups is 4. The lowest BCUT2D eigenvalue weighted by Gasteiger charge is -2.48. The van der Waals surface area contributed by atoms with Gasteiger partial charge in [0.1, 0.15) is 54.9 Å². The normalized spacial score (nSPS) is 37.3. The third-order valence-corrected chi connectivity index (χ3v) is 9.34. The second-order valence-electron chi connectivity index (χ2n) is 13.2. The Labute approximate surface area is 308 Å². The monoisotopic (exact) mass is 770 g/mol. The van der Waals surface area contributed by atoms with E-state index in [1.165, 1.54) is 56.3 Å². The average molecular weight is 771 g/mol. The summed E-state index contributed by atoms with van der Waals surface area (Å²) in [5.41, 5.74) is 0.848. The molecule has 0 spiro atoms. The Balaban J connectivity index is 1.33. The number of hydrogen-bond donors (Lipinski definition) is 11. The highest BCUT2D eigenvalue weighted by atomic mass is 16.8. The second-order valence-corrected chi connectivity index (χ2v) is 13.2. The molecule has 3 heterocycles. The summed E-state index contributed by atoms with van der Waals surface area (Å²) < 4.78 is 40.0. The number of carbonyl (C=O) groups is 1. The van der Waals surface area contributed by atoms with E-state index in [-0.39, 0.29) is 30.3 Å². The first-order valence-electron chi connectivity index (χ1n) is 17.1. The number of aliphatic hydroxyl groups is 7. The van der Waals surface area contributed by atoms with Crippen LogP contribution in [0.5, 0.6) is 23.0 Å². The smallest absolute Gasteiger partial charge is 0.331 e. The fourth-order valence-corrected chi connectivity index (χ4v) is 6.22. The van der Waals surface area contributed by atoms with Gasteiger partial charge in [-0.3, -0.25) is 0 Å². The maximum atomic E-state index is 13.0. The van der Waals surface area contributed by atoms with Crippen molar-refractivity contribution in [3.05, 3.63) is 53.6 Å². The first-order chi connectivity index (χ1) is 25.6. The van der Waals surface area contributed by atoms with Gasteiger partial charge in [-0.05, 0) is 61.7 Å². The highest BCUT2D eigenvalue weighted by Gasteiger charge is 2.54. The molecule has 19 heteroatoms. The fourth-order valence-electron chi connectivity index (χ4n) is 6.22. The molecule has 0 unspecified atom stereocenters. The molecule has 0 bridgehead atoms. The van der Waals surface area contributed by atoms with Crippen molar-refractivity contribution in [2.45, 2.75) is 112 Å². The summed E-state index contributed by atoms with van der Waals surface area (Å²) in [6.45, 7) is 1.93. The van der Waals surface area contributed by atoms with Crippen LogP contribution in [0.2, 0.25) is 0 Å². The van der Waals surface area contributed by atoms with Gasteiger partial charge in [-0.1, -0.05) is 12.1 Å². The molecule has 19 nitrogen and oxygen atoms in total. The lowest BCUT2D eigenvalue weighted by molar-refractivity contribution is -0.375. The quantitative estimate of drug-likeness (QED) is 0.0622. The van der Waals surface area contributed by atoms with Gasteiger partial charge in [-0.15, -0.1) is 0 Å². The molecule has 0 aliphatic carbocycles. The number of benzene rings is 2. The minimum absolute atomic E-state index is 0.125. The Morgan fingerprint density at radius 2 is 1.28 bits per heavy atom. The summed E-state index contributed by atoms with van der Waals surface area (Å²) in [7, 11) is 0. The fraction of sp³-hybridized carbons (Fsp3) is 0.571. The Morgan fingerprint density at radius 3 is 1.93 bits per heavy atom. The van der Waals surface area contributed by atoms with Crippen LogP contribution in [0.3, 0.4) is 0 Å². The molecule has 3 aliphatic heterocycles. The summed E-state index contributed by atoms with van der Waals surface area (Å²) in [6.07, 6.45) is -20.9. The predicted octanol–water partition coefficient (Wildman–Crippen LogP) is -2.16. The zero-order valence-electron chi connectivity index (χ0n) is 29.1. The summed E-state index contributed by atoms with van der Waals surface area (Å²) in [5.74, 6) is -2.55. The molecular formula is C35H46O19. The average Bonchev–Trinajstić information content (AvgIpc) is 3.14. The second kappa shape index (κ2) is 17.9. The van der Waals surface area contributed by atoms with Crippen LogP contribution in [0.25, 0.3) is 6.08 Å². The Bertz CT molecular complexity index is 1590. The van der Waals surface area contributed by atoms with Gasteiger partial charge in [-0.2, -0.15) is 0 Å². The van der Waals surface area contributed by atoms with Gasteiger partial charge in [0.25, 0.3) is 0 Å². The summed E-state index contributed by atoms with van der Waals surface area (Å²) in [6, 6.07) is 7.88. The molecule has 0 radical (unpaired) electrons. The number of aliphatic hydroxyl groups excluding tert-OH is 7. The van der Waals surface area contributed by atoms with Gasteiger partial charge in [0.05, 0.1) is 25.4 Å². The van der Waals surface area contributed by atoms with Gasteiger partial charge in [0.2, 0.25) is 0 Å². The van der Waals surface area contributed by atoms with Crippen molar-refractivity contribution in [1.82, 2.24) is 0 Å². The van der Waals surface area contributed by atoms with Crippen LogP contribution in [0.1, 0.15) is 25.0 Å². The van der Waals surface area contributed by atoms with E-state index in [4.69, 9.17) is 33.2 Å². The van der Waals surface area contributed by atoms with Gasteiger partial charge in [0.15, 0.2) is 48.0 Å². The zero-order valence-corrected chi connectivity index (χ0v) is 29.1. The van der Waals surface area contributed by atoms with E-state index in [0.717, 1.165) is 6.08 Å². The van der Waals surface area contributed by atoms with Crippen molar-refractivity contribution < 1.29 is 94.1 Å². The summed E-state index contributed by atoms with van der Waals surface area (Å²) in [4.78, 5) is 13.0. The maximum absolute atomic E-state index is 13.0. The third kappa shape index (κ3) is 9.40. The predicted molar refractivity (Wildman–Crippen MR) is 178 cm³/mol. The molecule has 300 valence electrons. The van der Waals surface area contributed by atoms with Crippen LogP contribution >= 0.6 is 0 Å². The third-order valence-electron chi connectivity index (χ3n) is 9.34. The van der Waals surface area contributed by atoms with E-state index in [1.807, 2.05) is 0 Å². The van der Waals surface area contributed by atoms with E-state index in [2.05, 4.69) is 0 Å². The van der Waals surface area contributed by atoms with Crippen molar-refractivity contribution >= 4 is 12.0 Å². The Kier molecular flexibility index (Phi) is 13.7. The van der Waals surface area contributed by atoms with Crippen molar-refractivity contribution in [3.63, 3.8) is 0 Å². The molecule has 5 rings (SSSR count). The van der Waals surface area contributed by atoms with Crippen LogP contribution < -0.4 is 0 Å². The molecule has 15 atom stereocenters. The molecular weight excluding hydrogens is 724 g/mol. The number of rotatable bonds is 12. The van der Waals surface area contributed by atoms with Gasteiger partial charge < -0.3 is 89.3 Å². The van der Waals surface area contributed by atoms with Crippen LogP contribution in [0.4, 0.5) is 0 Å². The van der Waals surface area contributed by atoms with E-state index in [9.17, 15) is 61.0 Å². The Hall–Kier alpha value is -3.67. The van der Waals surface area contributed by atoms with Gasteiger partial charge in [0, 0.05) is 6.08 Å². The molecule has 2 aromatic rings. The van der Waals surface area contributed by atoms with E-state index >= 15 is 0 Å². The number of phenols is 4. The minimum Gasteiger partial charge on any atom is -0.504 e. The first-order valence-corrected chi connectivity index (χ1v) is 17.1. The molecule has 3 aliphatic rings. The number of esters is 1. The number of carbonyl (C=O) groups excluding carboxylic acids is 1. The van der Waals surface area contributed by atoms with E-state index in [0.29, 0.717) is 11.1 Å². The number of hydrogen-bond acceptors (Lipinski definition) is 19. The van der Waals surface area contributed by atoms with Crippen LogP contribution in [0, 0.1) is 0 Å². The van der Waals surface area contributed by atoms with Crippen molar-refractivity contribution in [2.75, 3.05) is 13.2 Å². The van der Waals surface area contributed by atoms with Crippen molar-refractivity contribution in [2.24, 2.45) is 0 Å². The highest BCUT2D eigenvalue weighted by molar-refractivity contribution is 5.87. The van der Waals surface area contributed by atoms with E-state index in [1.54, 1.807) is 0 Å². The molecule has 2 aromatic carbocycles. The molecule has 0 aromatic heterocycles. The molecule has 0 saturated carbocycles. The van der Waals surface area contributed by atoms with Crippen molar-refractivity contribution in [3.8, 4) is 23.0 Å². The standard InChI is InChI=1S/C35H46O19/c1-14-24(42)25(43)27(45)34(49-14)53-30-15(2)50-35(28(46)26(30)44)54-32-29(47)33(48-10-9-17-4-7-19(38)21(40)12-17)51-22(13-36)31(32)52-23(41)8-5-16-3-6-18(37)20(39)11-16/h3-8,11-12,14-15,22,24-40,42-47H,9-10,13H2,1-2H3/b8-5+/t14-,15-,22+,24-,25+,26-,27+,28+,29+,30-,31+,32+,33+,34-,35-/m0/s1. The highest BCUT2D eigenvalue weighted by Crippen LogP contribution is 2.34. The van der Waals surface area contributed by atoms with Gasteiger partial charge in [-0.25, -0.2) is 4.79 Å². The minimum atomic E-state index is -1.91. The topological polar surface area (TPSA) is 304 Å². The van der Waals surface area contributed by atoms with Crippen LogP contribution in [-0.4, -0.2) is 167 Å². The molecule has 54 heavy (non-hydrogen) atoms. The summed E-state index contributed by atoms with van der Waals surface area (Å²) in [5, 5.41) is 113. The number of phenolic OH excluding ortho intramolecular Hbond substituents is 4. The van der Waals surface area contributed by atoms with Crippen LogP contribution in [-0.2, 0) is 44.4 Å². The molecule has 11 N–H and O–H groups in total. The van der Waals surface area contributed by atoms with Crippen molar-refractivity contribution in [1.29, 1.82) is 0 Å². The number of ether oxygens (including phenoxy) is 7. The van der Waals surface area contributed by atoms with Gasteiger partial charge >= 0.3 is 5.97 Å². The summed E-state index contributed by atoms with van der Waals surface area (Å²) >= 11 is 0. The molecule has 0 amide bonds. The lowest BCUT2D eigenvalue weighted by Crippen LogP contribution is -2.66. The van der Waals surface area contributed by atoms with E-state index < -0.39 is 110 Å². The largest absolute Gasteiger partial charge is 0.504 e. The molecule has 3 saturated heterocycles. The maximum Gasteiger partial charge on any atom is 0.331 e. The first kappa shape index (κ1) is 41.5. The SMILES string of the molecule is C[C@@H]1O[C@@H](O[C@@H]2[C@@H](O)[C@@H](O)[C@H](O[C@@H]3[C@@H](O)[C@H](OCCc4ccc(O)c(O)c4)O[C@H](CO)[C@H]3OC(=O)/C=C/c3ccc(O)c(O)c3)O[C@H]2C)[C@H](O)[C@H](O)[C@H]1O.